The van der Waals surface area contributed by atoms with Crippen molar-refractivity contribution >= 4 is 12.4 Å². The Hall–Kier alpha value is -1.06. The van der Waals surface area contributed by atoms with Gasteiger partial charge in [0, 0.05) is 5.41 Å². The van der Waals surface area contributed by atoms with Crippen LogP contribution in [0.2, 0.25) is 0 Å². The van der Waals surface area contributed by atoms with Crippen LogP contribution in [0.3, 0.4) is 0 Å². The number of esters is 1. The highest BCUT2D eigenvalue weighted by Gasteiger charge is 2.41. The van der Waals surface area contributed by atoms with Gasteiger partial charge in [0.2, 0.25) is 0 Å². The van der Waals surface area contributed by atoms with Crippen LogP contribution in [0, 0.1) is 5.41 Å². The van der Waals surface area contributed by atoms with E-state index in [0.29, 0.717) is 0 Å². The number of aliphatic imine (C=N–C) groups is 1. The standard InChI is InChI=1S/C9H15NO3/c1-9(2,3)7-6(8(11)12-4)10-5-13-7/h5-7H,1-4H3/t6-,7-/m0/s1. The minimum Gasteiger partial charge on any atom is -0.477 e. The fourth-order valence-electron chi connectivity index (χ4n) is 1.30. The number of ether oxygens (including phenoxy) is 2. The molecule has 0 amide bonds. The van der Waals surface area contributed by atoms with Gasteiger partial charge < -0.3 is 9.47 Å². The fourth-order valence-corrected chi connectivity index (χ4v) is 1.30. The molecule has 4 nitrogen and oxygen atoms in total. The van der Waals surface area contributed by atoms with Crippen molar-refractivity contribution in [2.75, 3.05) is 7.11 Å². The predicted octanol–water partition coefficient (Wildman–Crippen LogP) is 1.00. The predicted molar refractivity (Wildman–Crippen MR) is 48.6 cm³/mol. The van der Waals surface area contributed by atoms with Crippen LogP contribution < -0.4 is 0 Å². The molecule has 4 heteroatoms. The average molecular weight is 185 g/mol. The molecule has 0 aromatic carbocycles. The lowest BCUT2D eigenvalue weighted by Crippen LogP contribution is -2.40. The first kappa shape index (κ1) is 10.0. The molecule has 1 heterocycles. The van der Waals surface area contributed by atoms with Crippen LogP contribution in [0.4, 0.5) is 0 Å². The van der Waals surface area contributed by atoms with Gasteiger partial charge in [0.05, 0.1) is 7.11 Å². The molecule has 74 valence electrons. The van der Waals surface area contributed by atoms with Gasteiger partial charge in [0.1, 0.15) is 6.10 Å². The van der Waals surface area contributed by atoms with E-state index < -0.39 is 6.04 Å². The number of hydrogen-bond acceptors (Lipinski definition) is 4. The van der Waals surface area contributed by atoms with Gasteiger partial charge in [-0.1, -0.05) is 20.8 Å². The molecule has 1 aliphatic rings. The zero-order chi connectivity index (χ0) is 10.1. The molecule has 0 saturated carbocycles. The third-order valence-electron chi connectivity index (χ3n) is 2.01. The maximum absolute atomic E-state index is 11.3. The molecule has 0 bridgehead atoms. The lowest BCUT2D eigenvalue weighted by Gasteiger charge is -2.28. The lowest BCUT2D eigenvalue weighted by molar-refractivity contribution is -0.145. The molecule has 0 radical (unpaired) electrons. The number of rotatable bonds is 1. The number of carbonyl (C=O) groups is 1. The number of carbonyl (C=O) groups excluding carboxylic acids is 1. The second-order valence-electron chi connectivity index (χ2n) is 4.15. The van der Waals surface area contributed by atoms with Gasteiger partial charge in [-0.15, -0.1) is 0 Å². The molecule has 13 heavy (non-hydrogen) atoms. The maximum Gasteiger partial charge on any atom is 0.334 e. The van der Waals surface area contributed by atoms with Gasteiger partial charge in [0.15, 0.2) is 12.4 Å². The van der Waals surface area contributed by atoms with E-state index in [9.17, 15) is 4.79 Å². The van der Waals surface area contributed by atoms with E-state index in [1.165, 1.54) is 13.5 Å². The summed E-state index contributed by atoms with van der Waals surface area (Å²) in [7, 11) is 1.36. The van der Waals surface area contributed by atoms with Crippen LogP contribution in [0.15, 0.2) is 4.99 Å². The van der Waals surface area contributed by atoms with Crippen molar-refractivity contribution < 1.29 is 14.3 Å². The summed E-state index contributed by atoms with van der Waals surface area (Å²) >= 11 is 0. The molecule has 1 aliphatic heterocycles. The van der Waals surface area contributed by atoms with Crippen LogP contribution in [0.5, 0.6) is 0 Å². The number of nitrogens with zero attached hydrogens (tertiary/aromatic N) is 1. The van der Waals surface area contributed by atoms with Gasteiger partial charge in [-0.2, -0.15) is 0 Å². The summed E-state index contributed by atoms with van der Waals surface area (Å²) in [4.78, 5) is 15.2. The average Bonchev–Trinajstić information content (AvgIpc) is 2.49. The monoisotopic (exact) mass is 185 g/mol. The second-order valence-corrected chi connectivity index (χ2v) is 4.15. The SMILES string of the molecule is COC(=O)[C@H]1N=CO[C@@H]1C(C)(C)C. The van der Waals surface area contributed by atoms with E-state index in [1.54, 1.807) is 0 Å². The highest BCUT2D eigenvalue weighted by Crippen LogP contribution is 2.29. The van der Waals surface area contributed by atoms with Crippen LogP contribution in [-0.4, -0.2) is 31.6 Å². The smallest absolute Gasteiger partial charge is 0.334 e. The highest BCUT2D eigenvalue weighted by atomic mass is 16.5. The van der Waals surface area contributed by atoms with E-state index in [1.807, 2.05) is 20.8 Å². The third-order valence-corrected chi connectivity index (χ3v) is 2.01. The van der Waals surface area contributed by atoms with E-state index in [4.69, 9.17) is 4.74 Å². The Morgan fingerprint density at radius 1 is 1.54 bits per heavy atom. The molecular weight excluding hydrogens is 170 g/mol. The van der Waals surface area contributed by atoms with Gasteiger partial charge in [-0.3, -0.25) is 0 Å². The summed E-state index contributed by atoms with van der Waals surface area (Å²) < 4.78 is 9.89. The Morgan fingerprint density at radius 3 is 2.62 bits per heavy atom. The minimum atomic E-state index is -0.509. The van der Waals surface area contributed by atoms with Gasteiger partial charge in [-0.05, 0) is 0 Å². The zero-order valence-electron chi connectivity index (χ0n) is 8.40. The Morgan fingerprint density at radius 2 is 2.15 bits per heavy atom. The van der Waals surface area contributed by atoms with E-state index in [0.717, 1.165) is 0 Å². The first-order valence-electron chi connectivity index (χ1n) is 4.21. The van der Waals surface area contributed by atoms with Gasteiger partial charge >= 0.3 is 5.97 Å². The quantitative estimate of drug-likeness (QED) is 0.572. The highest BCUT2D eigenvalue weighted by molar-refractivity contribution is 5.79. The molecule has 1 rings (SSSR count). The van der Waals surface area contributed by atoms with Crippen molar-refractivity contribution in [1.29, 1.82) is 0 Å². The van der Waals surface area contributed by atoms with Crippen molar-refractivity contribution in [2.45, 2.75) is 32.9 Å². The largest absolute Gasteiger partial charge is 0.477 e. The summed E-state index contributed by atoms with van der Waals surface area (Å²) in [5.74, 6) is -0.339. The van der Waals surface area contributed by atoms with Crippen LogP contribution in [0.1, 0.15) is 20.8 Å². The summed E-state index contributed by atoms with van der Waals surface area (Å²) in [5, 5.41) is 0. The molecular formula is C9H15NO3. The van der Waals surface area contributed by atoms with Crippen molar-refractivity contribution in [2.24, 2.45) is 10.4 Å². The topological polar surface area (TPSA) is 47.9 Å². The number of methoxy groups -OCH3 is 1. The Balaban J connectivity index is 2.74. The normalized spacial score (nSPS) is 27.1. The maximum atomic E-state index is 11.3. The second kappa shape index (κ2) is 3.36. The Labute approximate surface area is 77.9 Å². The van der Waals surface area contributed by atoms with Crippen molar-refractivity contribution in [3.05, 3.63) is 0 Å². The molecule has 0 aromatic heterocycles. The molecule has 2 atom stereocenters. The molecule has 0 fully saturated rings. The zero-order valence-corrected chi connectivity index (χ0v) is 8.40. The summed E-state index contributed by atoms with van der Waals surface area (Å²) in [6, 6.07) is -0.509. The van der Waals surface area contributed by atoms with Gasteiger partial charge in [0.25, 0.3) is 0 Å². The Bertz CT molecular complexity index is 230. The Kier molecular flexibility index (Phi) is 2.59. The number of hydrogen-bond donors (Lipinski definition) is 0. The third kappa shape index (κ3) is 1.99. The molecule has 0 saturated heterocycles. The van der Waals surface area contributed by atoms with Gasteiger partial charge in [-0.25, -0.2) is 9.79 Å². The van der Waals surface area contributed by atoms with Crippen molar-refractivity contribution in [3.63, 3.8) is 0 Å². The molecule has 0 N–H and O–H groups in total. The fraction of sp³-hybridized carbons (Fsp3) is 0.778. The van der Waals surface area contributed by atoms with E-state index in [2.05, 4.69) is 9.73 Å². The summed E-state index contributed by atoms with van der Waals surface area (Å²) in [6.45, 7) is 6.01. The summed E-state index contributed by atoms with van der Waals surface area (Å²) in [5.41, 5.74) is -0.116. The molecule has 0 spiro atoms. The first-order chi connectivity index (χ1) is 5.96. The first-order valence-corrected chi connectivity index (χ1v) is 4.21. The van der Waals surface area contributed by atoms with Crippen LogP contribution in [-0.2, 0) is 14.3 Å². The minimum absolute atomic E-state index is 0.116. The van der Waals surface area contributed by atoms with Crippen molar-refractivity contribution in [3.8, 4) is 0 Å². The molecule has 0 unspecified atom stereocenters. The summed E-state index contributed by atoms with van der Waals surface area (Å²) in [6.07, 6.45) is 1.11. The molecule has 0 aromatic rings. The van der Waals surface area contributed by atoms with E-state index >= 15 is 0 Å². The molecule has 0 aliphatic carbocycles. The van der Waals surface area contributed by atoms with Crippen molar-refractivity contribution in [1.82, 2.24) is 0 Å². The van der Waals surface area contributed by atoms with Crippen LogP contribution in [0.25, 0.3) is 0 Å². The van der Waals surface area contributed by atoms with Crippen LogP contribution >= 0.6 is 0 Å². The van der Waals surface area contributed by atoms with E-state index in [-0.39, 0.29) is 17.5 Å². The lowest BCUT2D eigenvalue weighted by atomic mass is 9.85.